The van der Waals surface area contributed by atoms with Gasteiger partial charge in [-0.2, -0.15) is 0 Å². The van der Waals surface area contributed by atoms with Crippen LogP contribution in [0.3, 0.4) is 0 Å². The third-order valence-electron chi connectivity index (χ3n) is 3.33. The van der Waals surface area contributed by atoms with E-state index in [1.807, 2.05) is 6.07 Å². The standard InChI is InChI=1S/C17H15N/c1-13-12-16(14-8-4-2-5-9-14)18-17(13)15-10-6-3-7-11-15/h2-12,16H,1H3/p+1. The zero-order valence-electron chi connectivity index (χ0n) is 10.4. The van der Waals surface area contributed by atoms with Crippen molar-refractivity contribution in [3.05, 3.63) is 83.4 Å². The van der Waals surface area contributed by atoms with E-state index in [2.05, 4.69) is 72.6 Å². The third-order valence-corrected chi connectivity index (χ3v) is 3.33. The van der Waals surface area contributed by atoms with Crippen LogP contribution in [-0.2, 0) is 0 Å². The van der Waals surface area contributed by atoms with Crippen molar-refractivity contribution in [3.8, 4) is 0 Å². The lowest BCUT2D eigenvalue weighted by Gasteiger charge is -1.99. The summed E-state index contributed by atoms with van der Waals surface area (Å²) in [6.07, 6.45) is 2.29. The first-order valence-corrected chi connectivity index (χ1v) is 6.27. The van der Waals surface area contributed by atoms with Crippen LogP contribution in [0.5, 0.6) is 0 Å². The number of rotatable bonds is 2. The number of allylic oxidation sites excluding steroid dienone is 1. The normalized spacial score (nSPS) is 18.4. The van der Waals surface area contributed by atoms with Crippen molar-refractivity contribution in [2.75, 3.05) is 0 Å². The molecule has 1 unspecified atom stereocenters. The molecule has 1 N–H and O–H groups in total. The van der Waals surface area contributed by atoms with Gasteiger partial charge >= 0.3 is 0 Å². The molecule has 0 amide bonds. The maximum atomic E-state index is 3.60. The second kappa shape index (κ2) is 4.61. The summed E-state index contributed by atoms with van der Waals surface area (Å²) in [7, 11) is 0. The highest BCUT2D eigenvalue weighted by atomic mass is 14.8. The van der Waals surface area contributed by atoms with Crippen molar-refractivity contribution >= 4 is 5.71 Å². The summed E-state index contributed by atoms with van der Waals surface area (Å²) >= 11 is 0. The summed E-state index contributed by atoms with van der Waals surface area (Å²) < 4.78 is 0. The predicted octanol–water partition coefficient (Wildman–Crippen LogP) is 2.26. The number of nitrogens with one attached hydrogen (secondary N) is 1. The van der Waals surface area contributed by atoms with Gasteiger partial charge in [0, 0.05) is 16.7 Å². The summed E-state index contributed by atoms with van der Waals surface area (Å²) in [6.45, 7) is 2.16. The van der Waals surface area contributed by atoms with Crippen molar-refractivity contribution in [2.45, 2.75) is 13.0 Å². The highest BCUT2D eigenvalue weighted by Gasteiger charge is 2.25. The number of benzene rings is 2. The van der Waals surface area contributed by atoms with E-state index in [1.165, 1.54) is 22.4 Å². The van der Waals surface area contributed by atoms with E-state index < -0.39 is 0 Å². The molecule has 1 atom stereocenters. The van der Waals surface area contributed by atoms with Gasteiger partial charge in [-0.25, -0.2) is 4.99 Å². The predicted molar refractivity (Wildman–Crippen MR) is 74.5 cm³/mol. The van der Waals surface area contributed by atoms with Crippen LogP contribution in [0.15, 0.2) is 72.3 Å². The monoisotopic (exact) mass is 234 g/mol. The fourth-order valence-electron chi connectivity index (χ4n) is 2.40. The van der Waals surface area contributed by atoms with E-state index >= 15 is 0 Å². The summed E-state index contributed by atoms with van der Waals surface area (Å²) in [5.41, 5.74) is 5.12. The molecule has 2 aromatic rings. The Labute approximate surface area is 108 Å². The Hall–Kier alpha value is -2.15. The van der Waals surface area contributed by atoms with Gasteiger partial charge in [-0.05, 0) is 25.1 Å². The summed E-state index contributed by atoms with van der Waals surface area (Å²) in [5.74, 6) is 0. The highest BCUT2D eigenvalue weighted by molar-refractivity contribution is 6.09. The number of hydrogen-bond donors (Lipinski definition) is 1. The van der Waals surface area contributed by atoms with Crippen LogP contribution >= 0.6 is 0 Å². The zero-order valence-corrected chi connectivity index (χ0v) is 10.4. The van der Waals surface area contributed by atoms with Gasteiger partial charge in [0.1, 0.15) is 0 Å². The van der Waals surface area contributed by atoms with Gasteiger partial charge in [-0.15, -0.1) is 0 Å². The summed E-state index contributed by atoms with van der Waals surface area (Å²) in [6, 6.07) is 21.3. The second-order valence-electron chi connectivity index (χ2n) is 4.62. The molecule has 1 heteroatoms. The lowest BCUT2D eigenvalue weighted by atomic mass is 10.0. The van der Waals surface area contributed by atoms with Crippen LogP contribution in [0, 0.1) is 0 Å². The molecule has 0 aromatic heterocycles. The van der Waals surface area contributed by atoms with Crippen molar-refractivity contribution < 1.29 is 4.99 Å². The molecule has 1 heterocycles. The molecular weight excluding hydrogens is 218 g/mol. The third kappa shape index (κ3) is 2.00. The molecule has 18 heavy (non-hydrogen) atoms. The number of hydrogen-bond acceptors (Lipinski definition) is 0. The van der Waals surface area contributed by atoms with Crippen molar-refractivity contribution in [1.82, 2.24) is 0 Å². The average molecular weight is 234 g/mol. The quantitative estimate of drug-likeness (QED) is 0.819. The van der Waals surface area contributed by atoms with Gasteiger partial charge in [0.25, 0.3) is 0 Å². The van der Waals surface area contributed by atoms with Gasteiger partial charge in [0.15, 0.2) is 6.04 Å². The first-order valence-electron chi connectivity index (χ1n) is 6.27. The van der Waals surface area contributed by atoms with Crippen LogP contribution in [0.1, 0.15) is 24.1 Å². The van der Waals surface area contributed by atoms with Crippen LogP contribution in [0.2, 0.25) is 0 Å². The molecule has 1 aliphatic rings. The minimum atomic E-state index is 0.293. The first kappa shape index (κ1) is 11.0. The minimum absolute atomic E-state index is 0.293. The Balaban J connectivity index is 1.98. The zero-order chi connectivity index (χ0) is 12.4. The van der Waals surface area contributed by atoms with E-state index in [0.717, 1.165) is 0 Å². The van der Waals surface area contributed by atoms with Gasteiger partial charge in [-0.3, -0.25) is 0 Å². The van der Waals surface area contributed by atoms with Gasteiger partial charge in [0.05, 0.1) is 0 Å². The topological polar surface area (TPSA) is 14.0 Å². The maximum Gasteiger partial charge on any atom is 0.209 e. The van der Waals surface area contributed by atoms with Crippen LogP contribution < -0.4 is 4.99 Å². The highest BCUT2D eigenvalue weighted by Crippen LogP contribution is 2.17. The minimum Gasteiger partial charge on any atom is -0.231 e. The van der Waals surface area contributed by atoms with E-state index in [0.29, 0.717) is 6.04 Å². The average Bonchev–Trinajstić information content (AvgIpc) is 2.83. The molecule has 0 saturated heterocycles. The Kier molecular flexibility index (Phi) is 2.81. The van der Waals surface area contributed by atoms with Crippen LogP contribution in [0.4, 0.5) is 0 Å². The van der Waals surface area contributed by atoms with Crippen molar-refractivity contribution in [2.24, 2.45) is 0 Å². The molecule has 3 rings (SSSR count). The molecule has 2 aromatic carbocycles. The second-order valence-corrected chi connectivity index (χ2v) is 4.62. The van der Waals surface area contributed by atoms with Crippen molar-refractivity contribution in [3.63, 3.8) is 0 Å². The summed E-state index contributed by atoms with van der Waals surface area (Å²) in [4.78, 5) is 3.60. The lowest BCUT2D eigenvalue weighted by Crippen LogP contribution is -2.71. The fraction of sp³-hybridized carbons (Fsp3) is 0.118. The Morgan fingerprint density at radius 3 is 2.11 bits per heavy atom. The largest absolute Gasteiger partial charge is 0.231 e. The van der Waals surface area contributed by atoms with Crippen LogP contribution in [-0.4, -0.2) is 5.71 Å². The van der Waals surface area contributed by atoms with Gasteiger partial charge in [0.2, 0.25) is 5.71 Å². The first-order chi connectivity index (χ1) is 8.84. The Morgan fingerprint density at radius 2 is 1.44 bits per heavy atom. The van der Waals surface area contributed by atoms with Crippen LogP contribution in [0.25, 0.3) is 0 Å². The fourth-order valence-corrected chi connectivity index (χ4v) is 2.40. The molecule has 88 valence electrons. The lowest BCUT2D eigenvalue weighted by molar-refractivity contribution is -0.489. The molecule has 0 spiro atoms. The molecule has 0 bridgehead atoms. The Morgan fingerprint density at radius 1 is 0.833 bits per heavy atom. The Bertz CT molecular complexity index is 594. The van der Waals surface area contributed by atoms with E-state index in [4.69, 9.17) is 0 Å². The molecule has 1 aliphatic heterocycles. The van der Waals surface area contributed by atoms with E-state index in [-0.39, 0.29) is 0 Å². The van der Waals surface area contributed by atoms with Gasteiger partial charge in [-0.1, -0.05) is 48.5 Å². The molecule has 0 fully saturated rings. The molecule has 1 nitrogen and oxygen atoms in total. The molecule has 0 saturated carbocycles. The SMILES string of the molecule is CC1=CC(c2ccccc2)[NH+]=C1c1ccccc1. The maximum absolute atomic E-state index is 3.60. The summed E-state index contributed by atoms with van der Waals surface area (Å²) in [5, 5.41) is 0. The molecule has 0 aliphatic carbocycles. The molecular formula is C17H16N+. The van der Waals surface area contributed by atoms with E-state index in [9.17, 15) is 0 Å². The molecule has 0 radical (unpaired) electrons. The smallest absolute Gasteiger partial charge is 0.209 e. The van der Waals surface area contributed by atoms with Gasteiger partial charge < -0.3 is 0 Å². The van der Waals surface area contributed by atoms with E-state index in [1.54, 1.807) is 0 Å². The van der Waals surface area contributed by atoms with Crippen molar-refractivity contribution in [1.29, 1.82) is 0 Å².